The van der Waals surface area contributed by atoms with Crippen LogP contribution >= 0.6 is 0 Å². The number of nitrogens with one attached hydrogen (secondary N) is 1. The molecule has 1 aliphatic carbocycles. The molecule has 26 heavy (non-hydrogen) atoms. The van der Waals surface area contributed by atoms with Gasteiger partial charge in [-0.1, -0.05) is 32.1 Å². The van der Waals surface area contributed by atoms with Crippen molar-refractivity contribution >= 4 is 17.8 Å². The van der Waals surface area contributed by atoms with Crippen LogP contribution < -0.4 is 5.32 Å². The van der Waals surface area contributed by atoms with Crippen LogP contribution in [-0.2, 0) is 4.79 Å². The van der Waals surface area contributed by atoms with Gasteiger partial charge in [0.2, 0.25) is 0 Å². The molecule has 7 heteroatoms. The summed E-state index contributed by atoms with van der Waals surface area (Å²) in [7, 11) is 1.38. The average Bonchev–Trinajstić information content (AvgIpc) is 2.67. The molecule has 1 fully saturated rings. The van der Waals surface area contributed by atoms with E-state index in [-0.39, 0.29) is 11.1 Å². The molecule has 0 bridgehead atoms. The zero-order chi connectivity index (χ0) is 19.1. The Morgan fingerprint density at radius 3 is 2.31 bits per heavy atom. The van der Waals surface area contributed by atoms with E-state index in [4.69, 9.17) is 10.4 Å². The van der Waals surface area contributed by atoms with Crippen molar-refractivity contribution in [2.45, 2.75) is 44.6 Å². The Bertz CT molecular complexity index is 702. The summed E-state index contributed by atoms with van der Waals surface area (Å²) < 4.78 is 0. The van der Waals surface area contributed by atoms with Gasteiger partial charge in [0, 0.05) is 12.6 Å². The van der Waals surface area contributed by atoms with Crippen molar-refractivity contribution < 1.29 is 19.5 Å². The minimum atomic E-state index is -1.07. The van der Waals surface area contributed by atoms with Crippen molar-refractivity contribution in [3.05, 3.63) is 35.4 Å². The third-order valence-corrected chi connectivity index (χ3v) is 4.77. The van der Waals surface area contributed by atoms with E-state index < -0.39 is 23.8 Å². The molecule has 2 N–H and O–H groups in total. The highest BCUT2D eigenvalue weighted by Gasteiger charge is 2.28. The number of nitrogens with zero attached hydrogens (tertiary/aromatic N) is 2. The number of carboxylic acid groups (broad SMARTS) is 1. The number of benzene rings is 1. The maximum absolute atomic E-state index is 12.5. The number of aromatic carboxylic acids is 1. The maximum Gasteiger partial charge on any atom is 0.335 e. The summed E-state index contributed by atoms with van der Waals surface area (Å²) in [6, 6.07) is 4.74. The predicted octanol–water partition coefficient (Wildman–Crippen LogP) is 2.39. The molecule has 7 nitrogen and oxygen atoms in total. The molecular formula is C19H23N3O4. The fraction of sp³-hybridized carbons (Fsp3) is 0.474. The average molecular weight is 357 g/mol. The highest BCUT2D eigenvalue weighted by molar-refractivity contribution is 5.98. The normalized spacial score (nSPS) is 15.5. The standard InChI is InChI=1S/C19H23N3O4/c1-22(12-20)18(24)16(11-13-5-3-2-4-6-13)21-17(23)14-7-9-15(10-8-14)19(25)26/h7-10,13,16H,2-6,11H2,1H3,(H,21,23)(H,25,26)/t16-/m0/s1. The van der Waals surface area contributed by atoms with Gasteiger partial charge >= 0.3 is 5.97 Å². The van der Waals surface area contributed by atoms with Crippen LogP contribution in [0.25, 0.3) is 0 Å². The third kappa shape index (κ3) is 5.06. The second kappa shape index (κ2) is 8.99. The lowest BCUT2D eigenvalue weighted by atomic mass is 9.84. The molecule has 2 rings (SSSR count). The lowest BCUT2D eigenvalue weighted by Crippen LogP contribution is -2.47. The van der Waals surface area contributed by atoms with E-state index in [2.05, 4.69) is 5.32 Å². The highest BCUT2D eigenvalue weighted by Crippen LogP contribution is 2.27. The van der Waals surface area contributed by atoms with Crippen LogP contribution in [0.5, 0.6) is 0 Å². The molecule has 0 spiro atoms. The molecule has 0 radical (unpaired) electrons. The molecule has 0 aromatic heterocycles. The number of carbonyl (C=O) groups is 3. The van der Waals surface area contributed by atoms with Crippen molar-refractivity contribution in [3.63, 3.8) is 0 Å². The SMILES string of the molecule is CN(C#N)C(=O)[C@H](CC1CCCCC1)NC(=O)c1ccc(C(=O)O)cc1. The number of carboxylic acids is 1. The molecule has 0 aliphatic heterocycles. The van der Waals surface area contributed by atoms with Crippen LogP contribution in [-0.4, -0.2) is 40.9 Å². The molecule has 0 unspecified atom stereocenters. The van der Waals surface area contributed by atoms with Crippen LogP contribution in [0.4, 0.5) is 0 Å². The van der Waals surface area contributed by atoms with Gasteiger partial charge in [-0.05, 0) is 36.6 Å². The van der Waals surface area contributed by atoms with Gasteiger partial charge in [0.05, 0.1) is 5.56 Å². The van der Waals surface area contributed by atoms with Crippen LogP contribution in [0.3, 0.4) is 0 Å². The minimum Gasteiger partial charge on any atom is -0.478 e. The van der Waals surface area contributed by atoms with Crippen molar-refractivity contribution in [2.24, 2.45) is 5.92 Å². The maximum atomic E-state index is 12.5. The van der Waals surface area contributed by atoms with Crippen molar-refractivity contribution in [1.82, 2.24) is 10.2 Å². The van der Waals surface area contributed by atoms with E-state index in [1.165, 1.54) is 37.7 Å². The monoisotopic (exact) mass is 357 g/mol. The number of nitriles is 1. The minimum absolute atomic E-state index is 0.0839. The van der Waals surface area contributed by atoms with E-state index in [0.717, 1.165) is 30.6 Å². The van der Waals surface area contributed by atoms with E-state index in [1.54, 1.807) is 6.19 Å². The zero-order valence-electron chi connectivity index (χ0n) is 14.8. The van der Waals surface area contributed by atoms with Gasteiger partial charge < -0.3 is 10.4 Å². The predicted molar refractivity (Wildman–Crippen MR) is 94.2 cm³/mol. The Morgan fingerprint density at radius 1 is 1.19 bits per heavy atom. The molecule has 1 aromatic rings. The summed E-state index contributed by atoms with van der Waals surface area (Å²) in [5, 5.41) is 20.6. The van der Waals surface area contributed by atoms with Crippen molar-refractivity contribution in [3.8, 4) is 6.19 Å². The number of likely N-dealkylation sites (N-methyl/N-ethyl adjacent to an activating group) is 1. The number of carbonyl (C=O) groups excluding carboxylic acids is 2. The number of amides is 2. The van der Waals surface area contributed by atoms with Gasteiger partial charge in [0.25, 0.3) is 11.8 Å². The molecule has 1 saturated carbocycles. The van der Waals surface area contributed by atoms with Gasteiger partial charge in [-0.15, -0.1) is 0 Å². The lowest BCUT2D eigenvalue weighted by molar-refractivity contribution is -0.129. The van der Waals surface area contributed by atoms with Gasteiger partial charge in [-0.2, -0.15) is 5.26 Å². The Morgan fingerprint density at radius 2 is 1.77 bits per heavy atom. The summed E-state index contributed by atoms with van der Waals surface area (Å²) >= 11 is 0. The first kappa shape index (κ1) is 19.4. The summed E-state index contributed by atoms with van der Waals surface area (Å²) in [6.07, 6.45) is 7.74. The molecule has 138 valence electrons. The molecule has 1 aromatic carbocycles. The highest BCUT2D eigenvalue weighted by atomic mass is 16.4. The molecular weight excluding hydrogens is 334 g/mol. The quantitative estimate of drug-likeness (QED) is 0.600. The van der Waals surface area contributed by atoms with Crippen LogP contribution in [0, 0.1) is 17.4 Å². The topological polar surface area (TPSA) is 111 Å². The Kier molecular flexibility index (Phi) is 6.73. The smallest absolute Gasteiger partial charge is 0.335 e. The molecule has 1 aliphatic rings. The summed E-state index contributed by atoms with van der Waals surface area (Å²) in [5.41, 5.74) is 0.358. The van der Waals surface area contributed by atoms with Gasteiger partial charge in [-0.25, -0.2) is 4.79 Å². The Labute approximate surface area is 152 Å². The van der Waals surface area contributed by atoms with E-state index >= 15 is 0 Å². The lowest BCUT2D eigenvalue weighted by Gasteiger charge is -2.27. The van der Waals surface area contributed by atoms with Gasteiger partial charge in [0.15, 0.2) is 6.19 Å². The van der Waals surface area contributed by atoms with Crippen LogP contribution in [0.1, 0.15) is 59.2 Å². The molecule has 0 heterocycles. The van der Waals surface area contributed by atoms with Gasteiger partial charge in [-0.3, -0.25) is 14.5 Å². The summed E-state index contributed by atoms with van der Waals surface area (Å²) in [6.45, 7) is 0. The van der Waals surface area contributed by atoms with E-state index in [1.807, 2.05) is 0 Å². The molecule has 1 atom stereocenters. The first-order chi connectivity index (χ1) is 12.4. The Balaban J connectivity index is 2.11. The molecule has 2 amide bonds. The largest absolute Gasteiger partial charge is 0.478 e. The van der Waals surface area contributed by atoms with E-state index in [9.17, 15) is 14.4 Å². The second-order valence-corrected chi connectivity index (χ2v) is 6.65. The van der Waals surface area contributed by atoms with Crippen molar-refractivity contribution in [1.29, 1.82) is 5.26 Å². The first-order valence-corrected chi connectivity index (χ1v) is 8.74. The number of hydrogen-bond donors (Lipinski definition) is 2. The third-order valence-electron chi connectivity index (χ3n) is 4.77. The van der Waals surface area contributed by atoms with Gasteiger partial charge in [0.1, 0.15) is 6.04 Å². The summed E-state index contributed by atoms with van der Waals surface area (Å²) in [4.78, 5) is 36.8. The fourth-order valence-electron chi connectivity index (χ4n) is 3.27. The van der Waals surface area contributed by atoms with E-state index in [0.29, 0.717) is 12.3 Å². The first-order valence-electron chi connectivity index (χ1n) is 8.74. The number of hydrogen-bond acceptors (Lipinski definition) is 4. The van der Waals surface area contributed by atoms with Crippen molar-refractivity contribution in [2.75, 3.05) is 7.05 Å². The fourth-order valence-corrected chi connectivity index (χ4v) is 3.27. The van der Waals surface area contributed by atoms with Crippen LogP contribution in [0.2, 0.25) is 0 Å². The Hall–Kier alpha value is -2.88. The number of rotatable bonds is 6. The second-order valence-electron chi connectivity index (χ2n) is 6.65. The van der Waals surface area contributed by atoms with Crippen LogP contribution in [0.15, 0.2) is 24.3 Å². The summed E-state index contributed by atoms with van der Waals surface area (Å²) in [5.74, 6) is -1.62. The molecule has 0 saturated heterocycles. The zero-order valence-corrected chi connectivity index (χ0v) is 14.8.